The Balaban J connectivity index is 0.783. The first kappa shape index (κ1) is 35.5. The number of aromatic nitrogens is 6. The Bertz CT molecular complexity index is 2310. The minimum absolute atomic E-state index is 0.00696. The highest BCUT2D eigenvalue weighted by molar-refractivity contribution is 5.96. The van der Waals surface area contributed by atoms with E-state index in [0.29, 0.717) is 55.6 Å². The molecule has 2 amide bonds. The highest BCUT2D eigenvalue weighted by Gasteiger charge is 2.28. The van der Waals surface area contributed by atoms with Crippen LogP contribution >= 0.6 is 0 Å². The van der Waals surface area contributed by atoms with E-state index in [0.717, 1.165) is 70.0 Å². The second-order valence-electron chi connectivity index (χ2n) is 14.4. The number of oxazole rings is 1. The summed E-state index contributed by atoms with van der Waals surface area (Å²) in [7, 11) is 1.94. The van der Waals surface area contributed by atoms with Gasteiger partial charge in [0.05, 0.1) is 25.5 Å². The summed E-state index contributed by atoms with van der Waals surface area (Å²) >= 11 is 0. The van der Waals surface area contributed by atoms with Gasteiger partial charge in [-0.25, -0.2) is 15.0 Å². The van der Waals surface area contributed by atoms with Crippen LogP contribution in [0.5, 0.6) is 0 Å². The molecule has 14 nitrogen and oxygen atoms in total. The normalized spacial score (nSPS) is 19.3. The molecule has 3 N–H and O–H groups in total. The van der Waals surface area contributed by atoms with Crippen molar-refractivity contribution in [3.05, 3.63) is 78.8 Å². The maximum atomic E-state index is 13.2. The Hall–Kier alpha value is -5.57. The van der Waals surface area contributed by atoms with Gasteiger partial charge in [-0.05, 0) is 67.6 Å². The molecule has 0 bridgehead atoms. The van der Waals surface area contributed by atoms with Gasteiger partial charge in [-0.15, -0.1) is 10.2 Å². The van der Waals surface area contributed by atoms with Crippen LogP contribution in [0.4, 0.5) is 11.6 Å². The summed E-state index contributed by atoms with van der Waals surface area (Å²) in [6, 6.07) is 16.1. The topological polar surface area (TPSA) is 165 Å². The number of nitrogens with zero attached hydrogens (tertiary/aromatic N) is 7. The molecular weight excluding hydrogens is 685 g/mol. The number of ether oxygens (including phenoxy) is 1. The monoisotopic (exact) mass is 728 g/mol. The number of morpholine rings is 1. The van der Waals surface area contributed by atoms with E-state index in [2.05, 4.69) is 46.0 Å². The molecule has 1 atom stereocenters. The van der Waals surface area contributed by atoms with Crippen molar-refractivity contribution in [1.29, 1.82) is 0 Å². The van der Waals surface area contributed by atoms with Crippen molar-refractivity contribution in [3.63, 3.8) is 0 Å². The Morgan fingerprint density at radius 1 is 0.815 bits per heavy atom. The molecule has 1 aliphatic carbocycles. The summed E-state index contributed by atoms with van der Waals surface area (Å²) in [6.45, 7) is 6.59. The molecule has 0 spiro atoms. The van der Waals surface area contributed by atoms with E-state index >= 15 is 0 Å². The number of carbonyl (C=O) groups excluding carboxylic acids is 2. The first-order valence-corrected chi connectivity index (χ1v) is 18.5. The Morgan fingerprint density at radius 2 is 1.52 bits per heavy atom. The number of pyridine rings is 2. The number of hydrogen-bond donors (Lipinski definition) is 3. The van der Waals surface area contributed by atoms with Crippen LogP contribution in [0.25, 0.3) is 44.3 Å². The van der Waals surface area contributed by atoms with Gasteiger partial charge in [0.25, 0.3) is 0 Å². The lowest BCUT2D eigenvalue weighted by molar-refractivity contribution is -0.121. The van der Waals surface area contributed by atoms with E-state index in [1.165, 1.54) is 0 Å². The summed E-state index contributed by atoms with van der Waals surface area (Å²) < 4.78 is 13.7. The van der Waals surface area contributed by atoms with Gasteiger partial charge in [0.2, 0.25) is 11.8 Å². The quantitative estimate of drug-likeness (QED) is 0.168. The highest BCUT2D eigenvalue weighted by Crippen LogP contribution is 2.29. The number of anilines is 2. The van der Waals surface area contributed by atoms with Gasteiger partial charge in [-0.1, -0.05) is 24.3 Å². The molecule has 1 saturated carbocycles. The molecule has 5 heterocycles. The van der Waals surface area contributed by atoms with Crippen molar-refractivity contribution in [2.75, 3.05) is 43.4 Å². The van der Waals surface area contributed by atoms with Gasteiger partial charge in [0.15, 0.2) is 17.5 Å². The minimum atomic E-state index is -0.114. The lowest BCUT2D eigenvalue weighted by Crippen LogP contribution is -2.50. The second kappa shape index (κ2) is 15.4. The molecule has 2 fully saturated rings. The first-order chi connectivity index (χ1) is 26.2. The van der Waals surface area contributed by atoms with Crippen LogP contribution in [0, 0.1) is 19.8 Å². The summed E-state index contributed by atoms with van der Waals surface area (Å²) in [5.74, 6) is 3.83. The van der Waals surface area contributed by atoms with Crippen LogP contribution in [-0.4, -0.2) is 91.4 Å². The Labute approximate surface area is 312 Å². The third kappa shape index (κ3) is 8.00. The molecule has 1 aliphatic heterocycles. The van der Waals surface area contributed by atoms with Crippen molar-refractivity contribution >= 4 is 45.0 Å². The third-order valence-electron chi connectivity index (χ3n) is 10.5. The zero-order chi connectivity index (χ0) is 37.2. The summed E-state index contributed by atoms with van der Waals surface area (Å²) in [5, 5.41) is 22.0. The van der Waals surface area contributed by atoms with Gasteiger partial charge in [-0.2, -0.15) is 0 Å². The van der Waals surface area contributed by atoms with E-state index in [1.54, 1.807) is 18.6 Å². The standard InChI is InChI=1S/C40H44N10O4/c1-24-47-48-39(49(24)3)28-5-7-30-18-43-36(16-32(30)15-28)45-38(51)23-50-12-13-53-34(22-50)20-42-33-10-8-26(9-11-33)40(52)46-37-17-31-14-27(4-6-29(31)19-44-37)35-21-41-25(2)54-35/h4-7,14-19,21,26,33-34,42H,8-13,20,22-23H2,1-3H3,(H,43,45,51)(H,44,46,52). The maximum Gasteiger partial charge on any atom is 0.239 e. The van der Waals surface area contributed by atoms with Crippen molar-refractivity contribution in [1.82, 2.24) is 39.9 Å². The number of aryl methyl sites for hydroxylation is 2. The van der Waals surface area contributed by atoms with E-state index in [1.807, 2.05) is 74.0 Å². The lowest BCUT2D eigenvalue weighted by Gasteiger charge is -2.34. The first-order valence-electron chi connectivity index (χ1n) is 18.5. The van der Waals surface area contributed by atoms with Crippen LogP contribution in [0.1, 0.15) is 37.4 Å². The molecule has 2 aromatic carbocycles. The average molecular weight is 729 g/mol. The number of amides is 2. The molecule has 54 heavy (non-hydrogen) atoms. The Kier molecular flexibility index (Phi) is 10.1. The number of hydrogen-bond acceptors (Lipinski definition) is 11. The predicted octanol–water partition coefficient (Wildman–Crippen LogP) is 5.28. The highest BCUT2D eigenvalue weighted by atomic mass is 16.5. The lowest BCUT2D eigenvalue weighted by atomic mass is 9.85. The van der Waals surface area contributed by atoms with Crippen molar-refractivity contribution in [3.8, 4) is 22.7 Å². The predicted molar refractivity (Wildman–Crippen MR) is 206 cm³/mol. The van der Waals surface area contributed by atoms with E-state index in [4.69, 9.17) is 9.15 Å². The number of nitrogens with one attached hydrogen (secondary N) is 3. The summed E-state index contributed by atoms with van der Waals surface area (Å²) in [6.07, 6.45) is 8.65. The van der Waals surface area contributed by atoms with E-state index in [-0.39, 0.29) is 30.4 Å². The van der Waals surface area contributed by atoms with Crippen LogP contribution < -0.4 is 16.0 Å². The fourth-order valence-corrected chi connectivity index (χ4v) is 7.38. The van der Waals surface area contributed by atoms with E-state index < -0.39 is 0 Å². The zero-order valence-corrected chi connectivity index (χ0v) is 30.7. The molecule has 6 aromatic rings. The van der Waals surface area contributed by atoms with Crippen LogP contribution in [-0.2, 0) is 21.4 Å². The molecule has 2 aliphatic rings. The van der Waals surface area contributed by atoms with Gasteiger partial charge in [0, 0.05) is 79.9 Å². The summed E-state index contributed by atoms with van der Waals surface area (Å²) in [4.78, 5) is 41.6. The summed E-state index contributed by atoms with van der Waals surface area (Å²) in [5.41, 5.74) is 1.87. The van der Waals surface area contributed by atoms with Gasteiger partial charge in [-0.3, -0.25) is 14.5 Å². The fourth-order valence-electron chi connectivity index (χ4n) is 7.38. The Morgan fingerprint density at radius 3 is 2.20 bits per heavy atom. The van der Waals surface area contributed by atoms with E-state index in [9.17, 15) is 9.59 Å². The van der Waals surface area contributed by atoms with Gasteiger partial charge < -0.3 is 29.7 Å². The van der Waals surface area contributed by atoms with Gasteiger partial charge in [0.1, 0.15) is 17.5 Å². The molecule has 1 saturated heterocycles. The number of fused-ring (bicyclic) bond motifs is 2. The van der Waals surface area contributed by atoms with Gasteiger partial charge >= 0.3 is 0 Å². The number of carbonyl (C=O) groups is 2. The number of benzene rings is 2. The van der Waals surface area contributed by atoms with Crippen LogP contribution in [0.15, 0.2) is 71.5 Å². The van der Waals surface area contributed by atoms with Crippen molar-refractivity contribution in [2.24, 2.45) is 13.0 Å². The average Bonchev–Trinajstić information content (AvgIpc) is 3.77. The maximum absolute atomic E-state index is 13.2. The van der Waals surface area contributed by atoms with Crippen LogP contribution in [0.2, 0.25) is 0 Å². The number of rotatable bonds is 10. The molecule has 1 unspecified atom stereocenters. The second-order valence-corrected chi connectivity index (χ2v) is 14.4. The third-order valence-corrected chi connectivity index (χ3v) is 10.5. The largest absolute Gasteiger partial charge is 0.441 e. The molecule has 278 valence electrons. The van der Waals surface area contributed by atoms with Crippen molar-refractivity contribution in [2.45, 2.75) is 51.7 Å². The molecule has 8 rings (SSSR count). The molecule has 4 aromatic heterocycles. The minimum Gasteiger partial charge on any atom is -0.441 e. The fraction of sp³-hybridized carbons (Fsp3) is 0.375. The molecule has 0 radical (unpaired) electrons. The SMILES string of the molecule is Cc1ncc(-c2ccc3cnc(NC(=O)C4CCC(NCC5CN(CC(=O)Nc6cc7cc(-c8nnc(C)n8C)ccc7cn6)CCO5)CC4)cc3c2)o1. The molecule has 14 heteroatoms. The van der Waals surface area contributed by atoms with Crippen LogP contribution in [0.3, 0.4) is 0 Å². The smallest absolute Gasteiger partial charge is 0.239 e. The zero-order valence-electron chi connectivity index (χ0n) is 30.7. The van der Waals surface area contributed by atoms with Crippen molar-refractivity contribution < 1.29 is 18.7 Å². The molecular formula is C40H44N10O4.